The Morgan fingerprint density at radius 3 is 2.19 bits per heavy atom. The molecule has 0 aromatic carbocycles. The highest BCUT2D eigenvalue weighted by Gasteiger charge is 2.59. The van der Waals surface area contributed by atoms with Gasteiger partial charge < -0.3 is 4.74 Å². The van der Waals surface area contributed by atoms with Crippen LogP contribution in [0, 0.1) is 11.8 Å². The van der Waals surface area contributed by atoms with Gasteiger partial charge in [-0.1, -0.05) is 0 Å². The molecule has 0 N–H and O–H groups in total. The Kier molecular flexibility index (Phi) is 2.06. The fourth-order valence-corrected chi connectivity index (χ4v) is 4.92. The summed E-state index contributed by atoms with van der Waals surface area (Å²) in [6.45, 7) is 2.09. The molecule has 16 heavy (non-hydrogen) atoms. The van der Waals surface area contributed by atoms with Crippen LogP contribution in [0.15, 0.2) is 0 Å². The Labute approximate surface area is 96.4 Å². The molecule has 4 aliphatic rings. The number of ether oxygens (including phenoxy) is 1. The Hall–Kier alpha value is -0.130. The maximum Gasteiger partial charge on any atom is 0.267 e. The van der Waals surface area contributed by atoms with Crippen molar-refractivity contribution in [3.8, 4) is 0 Å². The van der Waals surface area contributed by atoms with E-state index in [1.165, 1.54) is 6.42 Å². The largest absolute Gasteiger partial charge is 0.342 e. The van der Waals surface area contributed by atoms with Crippen molar-refractivity contribution in [1.29, 1.82) is 0 Å². The van der Waals surface area contributed by atoms with Gasteiger partial charge in [-0.3, -0.25) is 0 Å². The third-order valence-corrected chi connectivity index (χ3v) is 4.65. The van der Waals surface area contributed by atoms with E-state index in [2.05, 4.69) is 6.92 Å². The molecule has 2 aliphatic carbocycles. The second-order valence-electron chi connectivity index (χ2n) is 6.03. The van der Waals surface area contributed by atoms with Gasteiger partial charge in [-0.05, 0) is 38.0 Å². The van der Waals surface area contributed by atoms with Crippen LogP contribution in [-0.2, 0) is 19.0 Å². The van der Waals surface area contributed by atoms with E-state index in [1.807, 2.05) is 0 Å². The van der Waals surface area contributed by atoms with Gasteiger partial charge in [0.15, 0.2) is 5.79 Å². The molecule has 4 atom stereocenters. The smallest absolute Gasteiger partial charge is 0.267 e. The van der Waals surface area contributed by atoms with E-state index in [9.17, 15) is 8.42 Å². The summed E-state index contributed by atoms with van der Waals surface area (Å²) in [6.07, 6.45) is 5.92. The molecule has 4 fully saturated rings. The van der Waals surface area contributed by atoms with Gasteiger partial charge >= 0.3 is 0 Å². The van der Waals surface area contributed by atoms with E-state index in [1.54, 1.807) is 0 Å². The highest BCUT2D eigenvalue weighted by Crippen LogP contribution is 2.58. The molecule has 92 valence electrons. The van der Waals surface area contributed by atoms with E-state index >= 15 is 0 Å². The van der Waals surface area contributed by atoms with Crippen LogP contribution in [0.25, 0.3) is 0 Å². The molecule has 0 radical (unpaired) electrons. The molecular weight excluding hydrogens is 228 g/mol. The maximum atomic E-state index is 11.3. The van der Waals surface area contributed by atoms with Gasteiger partial charge in [-0.15, -0.1) is 0 Å². The minimum absolute atomic E-state index is 0.158. The highest BCUT2D eigenvalue weighted by atomic mass is 32.2. The molecule has 2 aliphatic heterocycles. The lowest BCUT2D eigenvalue weighted by molar-refractivity contribution is -0.336. The molecule has 4 rings (SSSR count). The van der Waals surface area contributed by atoms with Gasteiger partial charge in [0.2, 0.25) is 0 Å². The van der Waals surface area contributed by atoms with Crippen LogP contribution in [-0.4, -0.2) is 26.1 Å². The zero-order chi connectivity index (χ0) is 11.6. The molecular formula is C11H18O4S. The summed E-state index contributed by atoms with van der Waals surface area (Å²) in [5.74, 6) is 0.313. The molecule has 4 nitrogen and oxygen atoms in total. The minimum Gasteiger partial charge on any atom is -0.342 e. The van der Waals surface area contributed by atoms with Crippen molar-refractivity contribution in [2.75, 3.05) is 6.26 Å². The van der Waals surface area contributed by atoms with E-state index in [0.717, 1.165) is 31.9 Å². The van der Waals surface area contributed by atoms with E-state index < -0.39 is 15.9 Å². The predicted octanol–water partition coefficient (Wildman–Crippen LogP) is 1.66. The van der Waals surface area contributed by atoms with Crippen LogP contribution in [0.2, 0.25) is 0 Å². The number of hydrogen-bond acceptors (Lipinski definition) is 4. The Morgan fingerprint density at radius 2 is 1.75 bits per heavy atom. The fourth-order valence-electron chi connectivity index (χ4n) is 4.19. The van der Waals surface area contributed by atoms with Crippen molar-refractivity contribution < 1.29 is 17.3 Å². The van der Waals surface area contributed by atoms with Crippen LogP contribution < -0.4 is 0 Å². The van der Waals surface area contributed by atoms with Crippen molar-refractivity contribution in [3.63, 3.8) is 0 Å². The van der Waals surface area contributed by atoms with Crippen molar-refractivity contribution in [1.82, 2.24) is 0 Å². The molecule has 0 aromatic heterocycles. The van der Waals surface area contributed by atoms with Crippen LogP contribution >= 0.6 is 0 Å². The van der Waals surface area contributed by atoms with E-state index in [4.69, 9.17) is 8.92 Å². The van der Waals surface area contributed by atoms with Crippen LogP contribution in [0.1, 0.15) is 39.0 Å². The van der Waals surface area contributed by atoms with Gasteiger partial charge in [0.25, 0.3) is 10.1 Å². The average molecular weight is 246 g/mol. The average Bonchev–Trinajstić information content (AvgIpc) is 1.91. The van der Waals surface area contributed by atoms with E-state index in [-0.39, 0.29) is 5.60 Å². The summed E-state index contributed by atoms with van der Waals surface area (Å²) >= 11 is 0. The van der Waals surface area contributed by atoms with Gasteiger partial charge in [-0.2, -0.15) is 8.42 Å². The fraction of sp³-hybridized carbons (Fsp3) is 1.00. The first kappa shape index (κ1) is 11.0. The van der Waals surface area contributed by atoms with Gasteiger partial charge in [0.05, 0.1) is 11.9 Å². The quantitative estimate of drug-likeness (QED) is 0.695. The first-order chi connectivity index (χ1) is 7.28. The second-order valence-corrected chi connectivity index (χ2v) is 7.61. The van der Waals surface area contributed by atoms with Crippen LogP contribution in [0.4, 0.5) is 0 Å². The minimum atomic E-state index is -3.44. The molecule has 2 saturated heterocycles. The molecule has 2 saturated carbocycles. The highest BCUT2D eigenvalue weighted by molar-refractivity contribution is 7.86. The lowest BCUT2D eigenvalue weighted by atomic mass is 9.61. The van der Waals surface area contributed by atoms with Crippen molar-refractivity contribution in [2.45, 2.75) is 50.4 Å². The maximum absolute atomic E-state index is 11.3. The first-order valence-electron chi connectivity index (χ1n) is 5.88. The van der Waals surface area contributed by atoms with Crippen molar-refractivity contribution >= 4 is 10.1 Å². The van der Waals surface area contributed by atoms with Crippen molar-refractivity contribution in [2.24, 2.45) is 11.8 Å². The van der Waals surface area contributed by atoms with Crippen LogP contribution in [0.3, 0.4) is 0 Å². The summed E-state index contributed by atoms with van der Waals surface area (Å²) in [6, 6.07) is 0. The Balaban J connectivity index is 1.92. The molecule has 0 spiro atoms. The molecule has 0 amide bonds. The van der Waals surface area contributed by atoms with Gasteiger partial charge in [0, 0.05) is 12.8 Å². The summed E-state index contributed by atoms with van der Waals surface area (Å²) < 4.78 is 33.9. The predicted molar refractivity (Wildman–Crippen MR) is 58.2 cm³/mol. The number of rotatable bonds is 2. The normalized spacial score (nSPS) is 50.9. The molecule has 2 unspecified atom stereocenters. The standard InChI is InChI=1S/C11H18O4S/c1-10-4-8-3-9(5-10)7-11(6-8,14-10)15-16(2,12)13/h8-9H,3-7H2,1-2H3/t8-,9+,10?,11?. The van der Waals surface area contributed by atoms with Crippen LogP contribution in [0.5, 0.6) is 0 Å². The third kappa shape index (κ3) is 1.79. The summed E-state index contributed by atoms with van der Waals surface area (Å²) in [5.41, 5.74) is -0.158. The Bertz CT molecular complexity index is 400. The first-order valence-corrected chi connectivity index (χ1v) is 7.70. The zero-order valence-electron chi connectivity index (χ0n) is 9.73. The summed E-state index contributed by atoms with van der Waals surface area (Å²) in [7, 11) is -3.44. The molecule has 5 heteroatoms. The molecule has 0 aromatic rings. The molecule has 4 bridgehead atoms. The van der Waals surface area contributed by atoms with E-state index in [0.29, 0.717) is 11.8 Å². The Morgan fingerprint density at radius 1 is 1.19 bits per heavy atom. The van der Waals surface area contributed by atoms with Gasteiger partial charge in [-0.25, -0.2) is 4.18 Å². The lowest BCUT2D eigenvalue weighted by Gasteiger charge is -2.59. The van der Waals surface area contributed by atoms with Gasteiger partial charge in [0.1, 0.15) is 0 Å². The zero-order valence-corrected chi connectivity index (χ0v) is 10.5. The SMILES string of the molecule is CC12C[C@H]3C[C@@H](C1)CC(OS(C)(=O)=O)(C3)O2. The van der Waals surface area contributed by atoms with Crippen molar-refractivity contribution in [3.05, 3.63) is 0 Å². The monoisotopic (exact) mass is 246 g/mol. The third-order valence-electron chi connectivity index (χ3n) is 4.04. The number of hydrogen-bond donors (Lipinski definition) is 0. The summed E-state index contributed by atoms with van der Waals surface area (Å²) in [4.78, 5) is 0. The second kappa shape index (κ2) is 3.00. The molecule has 2 heterocycles. The topological polar surface area (TPSA) is 52.6 Å². The lowest BCUT2D eigenvalue weighted by Crippen LogP contribution is -2.61. The summed E-state index contributed by atoms with van der Waals surface area (Å²) in [5, 5.41) is 0.